The van der Waals surface area contributed by atoms with E-state index in [1.165, 1.54) is 25.0 Å². The first-order valence-electron chi connectivity index (χ1n) is 6.10. The summed E-state index contributed by atoms with van der Waals surface area (Å²) in [5.41, 5.74) is 1.51. The summed E-state index contributed by atoms with van der Waals surface area (Å²) in [6, 6.07) is 4.54. The smallest absolute Gasteiger partial charge is 0.126 e. The third kappa shape index (κ3) is 2.08. The minimum Gasteiger partial charge on any atom is -0.252 e. The molecule has 0 radical (unpaired) electrons. The molecule has 1 heterocycles. The maximum Gasteiger partial charge on any atom is 0.126 e. The van der Waals surface area contributed by atoms with Gasteiger partial charge in [-0.3, -0.25) is 4.98 Å². The predicted molar refractivity (Wildman–Crippen MR) is 72.9 cm³/mol. The molecule has 3 rings (SSSR count). The van der Waals surface area contributed by atoms with E-state index in [4.69, 9.17) is 23.2 Å². The molecule has 1 fully saturated rings. The SMILES string of the molecule is Fc1cc(Cl)c2c(Cl)cc(C3CCCC3)nc2c1. The molecule has 4 heteroatoms. The lowest BCUT2D eigenvalue weighted by molar-refractivity contribution is 0.629. The van der Waals surface area contributed by atoms with Crippen LogP contribution in [-0.2, 0) is 0 Å². The van der Waals surface area contributed by atoms with Gasteiger partial charge in [-0.2, -0.15) is 0 Å². The van der Waals surface area contributed by atoms with Gasteiger partial charge in [0.2, 0.25) is 0 Å². The second-order valence-electron chi connectivity index (χ2n) is 4.79. The monoisotopic (exact) mass is 283 g/mol. The summed E-state index contributed by atoms with van der Waals surface area (Å²) >= 11 is 12.3. The van der Waals surface area contributed by atoms with E-state index in [0.717, 1.165) is 18.5 Å². The van der Waals surface area contributed by atoms with E-state index >= 15 is 0 Å². The van der Waals surface area contributed by atoms with Gasteiger partial charge in [-0.15, -0.1) is 0 Å². The Kier molecular flexibility index (Phi) is 3.16. The van der Waals surface area contributed by atoms with Gasteiger partial charge in [0.1, 0.15) is 5.82 Å². The van der Waals surface area contributed by atoms with Crippen LogP contribution in [0.5, 0.6) is 0 Å². The van der Waals surface area contributed by atoms with Crippen LogP contribution in [0.4, 0.5) is 4.39 Å². The molecular weight excluding hydrogens is 272 g/mol. The van der Waals surface area contributed by atoms with Crippen molar-refractivity contribution >= 4 is 34.1 Å². The summed E-state index contributed by atoms with van der Waals surface area (Å²) in [6.45, 7) is 0. The van der Waals surface area contributed by atoms with Gasteiger partial charge in [0.25, 0.3) is 0 Å². The number of hydrogen-bond acceptors (Lipinski definition) is 1. The van der Waals surface area contributed by atoms with E-state index in [2.05, 4.69) is 4.98 Å². The summed E-state index contributed by atoms with van der Waals surface area (Å²) in [7, 11) is 0. The fraction of sp³-hybridized carbons (Fsp3) is 0.357. The number of fused-ring (bicyclic) bond motifs is 1. The van der Waals surface area contributed by atoms with Crippen molar-refractivity contribution in [3.8, 4) is 0 Å². The fourth-order valence-corrected chi connectivity index (χ4v) is 3.35. The van der Waals surface area contributed by atoms with E-state index in [9.17, 15) is 4.39 Å². The first-order chi connectivity index (χ1) is 8.65. The molecular formula is C14H12Cl2FN. The van der Waals surface area contributed by atoms with Crippen LogP contribution >= 0.6 is 23.2 Å². The lowest BCUT2D eigenvalue weighted by atomic mass is 10.0. The third-order valence-corrected chi connectivity index (χ3v) is 4.17. The van der Waals surface area contributed by atoms with Gasteiger partial charge >= 0.3 is 0 Å². The second-order valence-corrected chi connectivity index (χ2v) is 5.61. The molecule has 1 aliphatic carbocycles. The Balaban J connectivity index is 2.19. The minimum absolute atomic E-state index is 0.320. The number of hydrogen-bond donors (Lipinski definition) is 0. The highest BCUT2D eigenvalue weighted by Crippen LogP contribution is 2.37. The van der Waals surface area contributed by atoms with Crippen LogP contribution in [0.25, 0.3) is 10.9 Å². The van der Waals surface area contributed by atoms with Gasteiger partial charge in [-0.05, 0) is 25.0 Å². The van der Waals surface area contributed by atoms with Crippen molar-refractivity contribution in [3.05, 3.63) is 39.8 Å². The summed E-state index contributed by atoms with van der Waals surface area (Å²) in [6.07, 6.45) is 4.73. The van der Waals surface area contributed by atoms with Crippen molar-refractivity contribution in [2.45, 2.75) is 31.6 Å². The summed E-state index contributed by atoms with van der Waals surface area (Å²) in [5, 5.41) is 1.52. The van der Waals surface area contributed by atoms with Gasteiger partial charge in [-0.1, -0.05) is 36.0 Å². The van der Waals surface area contributed by atoms with Crippen molar-refractivity contribution in [2.24, 2.45) is 0 Å². The van der Waals surface area contributed by atoms with Crippen LogP contribution in [0.2, 0.25) is 10.0 Å². The van der Waals surface area contributed by atoms with Crippen LogP contribution < -0.4 is 0 Å². The molecule has 1 aliphatic rings. The van der Waals surface area contributed by atoms with Gasteiger partial charge < -0.3 is 0 Å². The van der Waals surface area contributed by atoms with E-state index in [1.807, 2.05) is 6.07 Å². The number of halogens is 3. The standard InChI is InChI=1S/C14H12Cl2FN/c15-10-5-9(17)6-13-14(10)11(16)7-12(18-13)8-3-1-2-4-8/h5-8H,1-4H2. The Labute approximate surface area is 115 Å². The Morgan fingerprint density at radius 3 is 2.44 bits per heavy atom. The maximum absolute atomic E-state index is 13.4. The molecule has 0 amide bonds. The van der Waals surface area contributed by atoms with Crippen LogP contribution in [-0.4, -0.2) is 4.98 Å². The zero-order chi connectivity index (χ0) is 12.7. The van der Waals surface area contributed by atoms with Crippen LogP contribution in [0.15, 0.2) is 18.2 Å². The van der Waals surface area contributed by atoms with Crippen LogP contribution in [0.1, 0.15) is 37.3 Å². The van der Waals surface area contributed by atoms with Crippen molar-refractivity contribution in [1.29, 1.82) is 0 Å². The molecule has 0 atom stereocenters. The van der Waals surface area contributed by atoms with E-state index in [0.29, 0.717) is 26.9 Å². The topological polar surface area (TPSA) is 12.9 Å². The van der Waals surface area contributed by atoms with Crippen molar-refractivity contribution in [1.82, 2.24) is 4.98 Å². The first-order valence-corrected chi connectivity index (χ1v) is 6.86. The Bertz CT molecular complexity index is 606. The fourth-order valence-electron chi connectivity index (χ4n) is 2.69. The molecule has 1 aromatic heterocycles. The highest BCUT2D eigenvalue weighted by atomic mass is 35.5. The zero-order valence-corrected chi connectivity index (χ0v) is 11.2. The summed E-state index contributed by atoms with van der Waals surface area (Å²) in [4.78, 5) is 4.53. The Morgan fingerprint density at radius 1 is 1.06 bits per heavy atom. The largest absolute Gasteiger partial charge is 0.252 e. The van der Waals surface area contributed by atoms with Gasteiger partial charge in [0.05, 0.1) is 15.6 Å². The average Bonchev–Trinajstić information content (AvgIpc) is 2.80. The molecule has 1 aromatic carbocycles. The van der Waals surface area contributed by atoms with Crippen LogP contribution in [0.3, 0.4) is 0 Å². The average molecular weight is 284 g/mol. The number of rotatable bonds is 1. The number of pyridine rings is 1. The second kappa shape index (κ2) is 4.67. The molecule has 0 N–H and O–H groups in total. The normalized spacial score (nSPS) is 16.6. The molecule has 1 nitrogen and oxygen atoms in total. The number of aromatic nitrogens is 1. The van der Waals surface area contributed by atoms with E-state index in [-0.39, 0.29) is 5.82 Å². The maximum atomic E-state index is 13.4. The van der Waals surface area contributed by atoms with Gasteiger partial charge in [0, 0.05) is 23.1 Å². The minimum atomic E-state index is -0.375. The van der Waals surface area contributed by atoms with E-state index < -0.39 is 0 Å². The van der Waals surface area contributed by atoms with Crippen molar-refractivity contribution in [3.63, 3.8) is 0 Å². The number of benzene rings is 1. The summed E-state index contributed by atoms with van der Waals surface area (Å²) < 4.78 is 13.4. The molecule has 2 aromatic rings. The quantitative estimate of drug-likeness (QED) is 0.689. The molecule has 0 unspecified atom stereocenters. The Hall–Kier alpha value is -0.860. The van der Waals surface area contributed by atoms with Crippen LogP contribution in [0, 0.1) is 5.82 Å². The third-order valence-electron chi connectivity index (χ3n) is 3.57. The molecule has 0 bridgehead atoms. The van der Waals surface area contributed by atoms with Gasteiger partial charge in [-0.25, -0.2) is 4.39 Å². The molecule has 0 aliphatic heterocycles. The number of nitrogens with zero attached hydrogens (tertiary/aromatic N) is 1. The predicted octanol–water partition coefficient (Wildman–Crippen LogP) is 5.34. The highest BCUT2D eigenvalue weighted by Gasteiger charge is 2.20. The molecule has 0 spiro atoms. The van der Waals surface area contributed by atoms with Gasteiger partial charge in [0.15, 0.2) is 0 Å². The highest BCUT2D eigenvalue weighted by molar-refractivity contribution is 6.42. The van der Waals surface area contributed by atoms with Crippen molar-refractivity contribution in [2.75, 3.05) is 0 Å². The van der Waals surface area contributed by atoms with E-state index in [1.54, 1.807) is 0 Å². The molecule has 0 saturated heterocycles. The molecule has 18 heavy (non-hydrogen) atoms. The van der Waals surface area contributed by atoms with Crippen molar-refractivity contribution < 1.29 is 4.39 Å². The first kappa shape index (κ1) is 12.2. The molecule has 94 valence electrons. The zero-order valence-electron chi connectivity index (χ0n) is 9.72. The lowest BCUT2D eigenvalue weighted by Gasteiger charge is -2.11. The summed E-state index contributed by atoms with van der Waals surface area (Å²) in [5.74, 6) is 0.0774. The Morgan fingerprint density at radius 2 is 1.72 bits per heavy atom. The lowest BCUT2D eigenvalue weighted by Crippen LogP contribution is -1.97. The molecule has 1 saturated carbocycles.